The number of benzene rings is 1. The molecule has 1 aromatic heterocycles. The fraction of sp³-hybridized carbons (Fsp3) is 0.455. The lowest BCUT2D eigenvalue weighted by atomic mass is 9.84. The Morgan fingerprint density at radius 2 is 1.96 bits per heavy atom. The Morgan fingerprint density at radius 3 is 2.58 bits per heavy atom. The average Bonchev–Trinajstić information content (AvgIpc) is 2.53. The Morgan fingerprint density at radius 1 is 1.27 bits per heavy atom. The van der Waals surface area contributed by atoms with Crippen molar-refractivity contribution in [3.05, 3.63) is 53.0 Å². The lowest BCUT2D eigenvalue weighted by Gasteiger charge is -2.33. The van der Waals surface area contributed by atoms with Crippen molar-refractivity contribution in [1.82, 2.24) is 10.3 Å². The average molecular weight is 356 g/mol. The second kappa shape index (κ2) is 7.98. The number of fused-ring (bicyclic) bond motifs is 1. The quantitative estimate of drug-likeness (QED) is 0.679. The van der Waals surface area contributed by atoms with Crippen LogP contribution in [0.2, 0.25) is 0 Å². The number of amides is 1. The van der Waals surface area contributed by atoms with Crippen molar-refractivity contribution < 1.29 is 9.18 Å². The molecule has 0 fully saturated rings. The number of hydrogen-bond donors (Lipinski definition) is 1. The minimum absolute atomic E-state index is 0.173. The van der Waals surface area contributed by atoms with E-state index in [2.05, 4.69) is 51.8 Å². The number of pyridine rings is 1. The van der Waals surface area contributed by atoms with Crippen LogP contribution < -0.4 is 5.32 Å². The molecule has 0 bridgehead atoms. The molecule has 0 radical (unpaired) electrons. The molecule has 1 amide bonds. The van der Waals surface area contributed by atoms with Gasteiger partial charge in [-0.25, -0.2) is 4.39 Å². The minimum Gasteiger partial charge on any atom is -0.347 e. The van der Waals surface area contributed by atoms with Gasteiger partial charge < -0.3 is 5.32 Å². The van der Waals surface area contributed by atoms with Gasteiger partial charge in [0, 0.05) is 17.1 Å². The van der Waals surface area contributed by atoms with Gasteiger partial charge in [-0.2, -0.15) is 0 Å². The Labute approximate surface area is 155 Å². The highest BCUT2D eigenvalue weighted by molar-refractivity contribution is 5.97. The van der Waals surface area contributed by atoms with E-state index in [0.717, 1.165) is 12.8 Å². The third kappa shape index (κ3) is 4.90. The van der Waals surface area contributed by atoms with Crippen LogP contribution in [-0.2, 0) is 0 Å². The van der Waals surface area contributed by atoms with E-state index in [1.807, 2.05) is 0 Å². The van der Waals surface area contributed by atoms with Gasteiger partial charge in [0.2, 0.25) is 0 Å². The van der Waals surface area contributed by atoms with Crippen LogP contribution in [0, 0.1) is 11.7 Å². The summed E-state index contributed by atoms with van der Waals surface area (Å²) in [7, 11) is 0. The van der Waals surface area contributed by atoms with Crippen LogP contribution in [0.4, 0.5) is 4.39 Å². The maximum Gasteiger partial charge on any atom is 0.253 e. The second-order valence-corrected chi connectivity index (χ2v) is 8.11. The summed E-state index contributed by atoms with van der Waals surface area (Å²) in [5, 5.41) is 3.83. The highest BCUT2D eigenvalue weighted by Crippen LogP contribution is 2.26. The summed E-state index contributed by atoms with van der Waals surface area (Å²) < 4.78 is 13.8. The molecule has 1 N–H and O–H groups in total. The van der Waals surface area contributed by atoms with Crippen LogP contribution in [0.5, 0.6) is 0 Å². The van der Waals surface area contributed by atoms with Crippen LogP contribution in [0.15, 0.2) is 41.6 Å². The normalized spacial score (nSPS) is 13.5. The van der Waals surface area contributed by atoms with Gasteiger partial charge in [-0.15, -0.1) is 0 Å². The summed E-state index contributed by atoms with van der Waals surface area (Å²) in [6, 6.07) is 6.46. The summed E-state index contributed by atoms with van der Waals surface area (Å²) in [5.74, 6) is -0.0965. The third-order valence-corrected chi connectivity index (χ3v) is 4.71. The van der Waals surface area contributed by atoms with E-state index >= 15 is 0 Å². The summed E-state index contributed by atoms with van der Waals surface area (Å²) in [5.41, 5.74) is 2.95. The largest absolute Gasteiger partial charge is 0.347 e. The molecule has 0 aliphatic rings. The number of rotatable bonds is 6. The molecule has 0 saturated carbocycles. The molecule has 0 aliphatic heterocycles. The fourth-order valence-electron chi connectivity index (χ4n) is 3.42. The number of nitrogens with zero attached hydrogens (tertiary/aromatic N) is 1. The van der Waals surface area contributed by atoms with Crippen LogP contribution in [0.1, 0.15) is 64.7 Å². The number of para-hydroxylation sites is 1. The first-order valence-electron chi connectivity index (χ1n) is 9.11. The van der Waals surface area contributed by atoms with Gasteiger partial charge in [-0.1, -0.05) is 37.1 Å². The van der Waals surface area contributed by atoms with Gasteiger partial charge in [0.05, 0.1) is 5.56 Å². The highest BCUT2D eigenvalue weighted by atomic mass is 19.1. The molecule has 1 aromatic carbocycles. The van der Waals surface area contributed by atoms with E-state index in [0.29, 0.717) is 16.9 Å². The van der Waals surface area contributed by atoms with E-state index in [1.54, 1.807) is 18.2 Å². The Balaban J connectivity index is 2.30. The number of halogens is 1. The first kappa shape index (κ1) is 20.1. The Bertz CT molecular complexity index is 837. The van der Waals surface area contributed by atoms with E-state index in [-0.39, 0.29) is 22.8 Å². The molecule has 1 atom stereocenters. The standard InChI is InChI=1S/C22H29FN2O/c1-14(2)11-22(6,12-16(5)15(3)4)25-21(26)18-10-17-8-7-9-19(23)20(17)24-13-18/h7-10,13-14H,11-12H2,1-6H3,(H,25,26). The fourth-order valence-corrected chi connectivity index (χ4v) is 3.42. The number of nitrogens with one attached hydrogen (secondary N) is 1. The Hall–Kier alpha value is -2.23. The van der Waals surface area contributed by atoms with E-state index in [9.17, 15) is 9.18 Å². The van der Waals surface area contributed by atoms with E-state index in [4.69, 9.17) is 0 Å². The molecule has 0 aliphatic carbocycles. The molecule has 4 heteroatoms. The van der Waals surface area contributed by atoms with Crippen LogP contribution in [0.3, 0.4) is 0 Å². The maximum absolute atomic E-state index is 13.8. The van der Waals surface area contributed by atoms with Gasteiger partial charge in [0.25, 0.3) is 5.91 Å². The zero-order chi connectivity index (χ0) is 19.5. The summed E-state index contributed by atoms with van der Waals surface area (Å²) >= 11 is 0. The van der Waals surface area contributed by atoms with Gasteiger partial charge in [0.15, 0.2) is 0 Å². The molecular formula is C22H29FN2O. The highest BCUT2D eigenvalue weighted by Gasteiger charge is 2.28. The molecule has 2 aromatic rings. The molecule has 26 heavy (non-hydrogen) atoms. The van der Waals surface area contributed by atoms with Crippen molar-refractivity contribution >= 4 is 16.8 Å². The number of allylic oxidation sites excluding steroid dienone is 1. The maximum atomic E-state index is 13.8. The van der Waals surface area contributed by atoms with Gasteiger partial charge in [-0.05, 0) is 58.6 Å². The lowest BCUT2D eigenvalue weighted by Crippen LogP contribution is -2.47. The number of carbonyl (C=O) groups is 1. The predicted octanol–water partition coefficient (Wildman–Crippen LogP) is 5.65. The first-order valence-corrected chi connectivity index (χ1v) is 9.11. The van der Waals surface area contributed by atoms with Crippen LogP contribution in [-0.4, -0.2) is 16.4 Å². The van der Waals surface area contributed by atoms with Crippen molar-refractivity contribution in [1.29, 1.82) is 0 Å². The topological polar surface area (TPSA) is 42.0 Å². The lowest BCUT2D eigenvalue weighted by molar-refractivity contribution is 0.0894. The summed E-state index contributed by atoms with van der Waals surface area (Å²) in [6.45, 7) is 12.7. The van der Waals surface area contributed by atoms with E-state index < -0.39 is 0 Å². The first-order chi connectivity index (χ1) is 12.1. The summed E-state index contributed by atoms with van der Waals surface area (Å²) in [4.78, 5) is 17.0. The smallest absolute Gasteiger partial charge is 0.253 e. The van der Waals surface area contributed by atoms with Crippen molar-refractivity contribution in [2.24, 2.45) is 5.92 Å². The third-order valence-electron chi connectivity index (χ3n) is 4.71. The second-order valence-electron chi connectivity index (χ2n) is 8.11. The van der Waals surface area contributed by atoms with Crippen LogP contribution >= 0.6 is 0 Å². The van der Waals surface area contributed by atoms with Gasteiger partial charge >= 0.3 is 0 Å². The monoisotopic (exact) mass is 356 g/mol. The molecule has 1 heterocycles. The number of aromatic nitrogens is 1. The Kier molecular flexibility index (Phi) is 6.17. The molecular weight excluding hydrogens is 327 g/mol. The molecule has 2 rings (SSSR count). The molecule has 140 valence electrons. The predicted molar refractivity (Wildman–Crippen MR) is 106 cm³/mol. The van der Waals surface area contributed by atoms with Crippen molar-refractivity contribution in [2.45, 2.75) is 59.9 Å². The zero-order valence-corrected chi connectivity index (χ0v) is 16.6. The SMILES string of the molecule is CC(C)=C(C)CC(C)(CC(C)C)NC(=O)c1cnc2c(F)cccc2c1. The zero-order valence-electron chi connectivity index (χ0n) is 16.6. The molecule has 0 saturated heterocycles. The van der Waals surface area contributed by atoms with Crippen LogP contribution in [0.25, 0.3) is 10.9 Å². The van der Waals surface area contributed by atoms with Gasteiger partial charge in [0.1, 0.15) is 11.3 Å². The minimum atomic E-state index is -0.377. The molecule has 3 nitrogen and oxygen atoms in total. The summed E-state index contributed by atoms with van der Waals surface area (Å²) in [6.07, 6.45) is 3.12. The van der Waals surface area contributed by atoms with Gasteiger partial charge in [-0.3, -0.25) is 9.78 Å². The molecule has 0 spiro atoms. The molecule has 1 unspecified atom stereocenters. The van der Waals surface area contributed by atoms with Crippen molar-refractivity contribution in [3.8, 4) is 0 Å². The van der Waals surface area contributed by atoms with Crippen molar-refractivity contribution in [3.63, 3.8) is 0 Å². The van der Waals surface area contributed by atoms with Crippen molar-refractivity contribution in [2.75, 3.05) is 0 Å². The number of hydrogen-bond acceptors (Lipinski definition) is 2. The van der Waals surface area contributed by atoms with E-state index in [1.165, 1.54) is 23.4 Å². The number of carbonyl (C=O) groups excluding carboxylic acids is 1.